The van der Waals surface area contributed by atoms with Crippen molar-refractivity contribution in [2.24, 2.45) is 5.73 Å². The third-order valence-electron chi connectivity index (χ3n) is 1.64. The summed E-state index contributed by atoms with van der Waals surface area (Å²) >= 11 is 0. The molecule has 0 spiro atoms. The molecule has 0 amide bonds. The molecule has 68 valence electrons. The van der Waals surface area contributed by atoms with Gasteiger partial charge in [-0.1, -0.05) is 12.1 Å². The maximum absolute atomic E-state index is 7.58. The van der Waals surface area contributed by atoms with Gasteiger partial charge in [-0.05, 0) is 24.4 Å². The molecule has 0 radical (unpaired) electrons. The highest BCUT2D eigenvalue weighted by atomic mass is 16.5. The van der Waals surface area contributed by atoms with Gasteiger partial charge >= 0.3 is 0 Å². The second kappa shape index (κ2) is 4.30. The van der Waals surface area contributed by atoms with E-state index in [2.05, 4.69) is 0 Å². The third-order valence-corrected chi connectivity index (χ3v) is 1.64. The van der Waals surface area contributed by atoms with Gasteiger partial charge in [0.05, 0.1) is 12.8 Å². The molecule has 3 nitrogen and oxygen atoms in total. The Bertz CT molecular complexity index is 331. The predicted octanol–water partition coefficient (Wildman–Crippen LogP) is 1.54. The Kier molecular flexibility index (Phi) is 3.09. The van der Waals surface area contributed by atoms with Gasteiger partial charge in [-0.25, -0.2) is 0 Å². The van der Waals surface area contributed by atoms with Crippen LogP contribution in [0.5, 0.6) is 5.75 Å². The van der Waals surface area contributed by atoms with Crippen LogP contribution in [-0.2, 0) is 0 Å². The van der Waals surface area contributed by atoms with E-state index in [0.717, 1.165) is 11.3 Å². The normalized spacial score (nSPS) is 10.2. The zero-order chi connectivity index (χ0) is 9.68. The first-order valence-electron chi connectivity index (χ1n) is 3.89. The van der Waals surface area contributed by atoms with Crippen LogP contribution in [0.15, 0.2) is 36.5 Å². The lowest BCUT2D eigenvalue weighted by Gasteiger charge is -2.02. The third kappa shape index (κ3) is 2.33. The highest BCUT2D eigenvalue weighted by Crippen LogP contribution is 2.12. The van der Waals surface area contributed by atoms with Crippen LogP contribution in [0.2, 0.25) is 0 Å². The minimum absolute atomic E-state index is 0.376. The van der Waals surface area contributed by atoms with Gasteiger partial charge in [-0.2, -0.15) is 0 Å². The molecule has 13 heavy (non-hydrogen) atoms. The van der Waals surface area contributed by atoms with Crippen LogP contribution in [0.4, 0.5) is 0 Å². The lowest BCUT2D eigenvalue weighted by atomic mass is 10.1. The summed E-state index contributed by atoms with van der Waals surface area (Å²) in [5.74, 6) is 0.743. The molecule has 3 N–H and O–H groups in total. The van der Waals surface area contributed by atoms with E-state index in [9.17, 15) is 0 Å². The van der Waals surface area contributed by atoms with Crippen molar-refractivity contribution in [2.75, 3.05) is 7.11 Å². The monoisotopic (exact) mass is 176 g/mol. The molecule has 0 aromatic heterocycles. The maximum atomic E-state index is 7.58. The highest BCUT2D eigenvalue weighted by Gasteiger charge is 1.98. The van der Waals surface area contributed by atoms with Crippen molar-refractivity contribution in [1.29, 1.82) is 5.41 Å². The van der Waals surface area contributed by atoms with Crippen molar-refractivity contribution >= 4 is 5.71 Å². The van der Waals surface area contributed by atoms with E-state index in [1.165, 1.54) is 12.3 Å². The number of allylic oxidation sites excluding steroid dienone is 1. The van der Waals surface area contributed by atoms with Crippen molar-refractivity contribution < 1.29 is 4.74 Å². The van der Waals surface area contributed by atoms with E-state index in [-0.39, 0.29) is 0 Å². The summed E-state index contributed by atoms with van der Waals surface area (Å²) in [6.07, 6.45) is 2.89. The van der Waals surface area contributed by atoms with Crippen molar-refractivity contribution in [1.82, 2.24) is 0 Å². The van der Waals surface area contributed by atoms with Gasteiger partial charge in [0.2, 0.25) is 0 Å². The Balaban J connectivity index is 2.94. The van der Waals surface area contributed by atoms with Crippen LogP contribution < -0.4 is 10.5 Å². The molecule has 0 aliphatic rings. The van der Waals surface area contributed by atoms with Crippen molar-refractivity contribution in [2.45, 2.75) is 0 Å². The Morgan fingerprint density at radius 2 is 2.31 bits per heavy atom. The fourth-order valence-corrected chi connectivity index (χ4v) is 0.983. The van der Waals surface area contributed by atoms with E-state index in [4.69, 9.17) is 15.9 Å². The van der Waals surface area contributed by atoms with Gasteiger partial charge in [0.25, 0.3) is 0 Å². The molecular weight excluding hydrogens is 164 g/mol. The molecule has 0 saturated heterocycles. The summed E-state index contributed by atoms with van der Waals surface area (Å²) in [6.45, 7) is 0. The number of methoxy groups -OCH3 is 1. The standard InChI is InChI=1S/C10H12N2O/c1-13-9-4-2-3-8(7-9)10(12)5-6-11/h2-7,12H,11H2,1H3/b6-5-,12-10?. The van der Waals surface area contributed by atoms with Crippen LogP contribution in [0, 0.1) is 5.41 Å². The van der Waals surface area contributed by atoms with Gasteiger partial charge in [0.1, 0.15) is 5.75 Å². The number of ether oxygens (including phenoxy) is 1. The molecule has 0 heterocycles. The Labute approximate surface area is 77.3 Å². The van der Waals surface area contributed by atoms with E-state index >= 15 is 0 Å². The van der Waals surface area contributed by atoms with Crippen LogP contribution in [0.1, 0.15) is 5.56 Å². The minimum Gasteiger partial charge on any atom is -0.497 e. The summed E-state index contributed by atoms with van der Waals surface area (Å²) in [7, 11) is 1.60. The van der Waals surface area contributed by atoms with Crippen molar-refractivity contribution in [3.05, 3.63) is 42.1 Å². The average Bonchev–Trinajstić information content (AvgIpc) is 2.18. The Morgan fingerprint density at radius 3 is 2.92 bits per heavy atom. The first-order chi connectivity index (χ1) is 6.27. The zero-order valence-electron chi connectivity index (χ0n) is 7.45. The largest absolute Gasteiger partial charge is 0.497 e. The molecule has 0 fully saturated rings. The number of benzene rings is 1. The fraction of sp³-hybridized carbons (Fsp3) is 0.100. The van der Waals surface area contributed by atoms with Gasteiger partial charge in [-0.15, -0.1) is 0 Å². The summed E-state index contributed by atoms with van der Waals surface area (Å²) < 4.78 is 5.03. The Morgan fingerprint density at radius 1 is 1.54 bits per heavy atom. The van der Waals surface area contributed by atoms with Gasteiger partial charge < -0.3 is 15.9 Å². The number of nitrogens with one attached hydrogen (secondary N) is 1. The summed E-state index contributed by atoms with van der Waals surface area (Å²) in [5.41, 5.74) is 6.35. The van der Waals surface area contributed by atoms with E-state index in [1.54, 1.807) is 13.2 Å². The lowest BCUT2D eigenvalue weighted by molar-refractivity contribution is 0.414. The lowest BCUT2D eigenvalue weighted by Crippen LogP contribution is -1.96. The van der Waals surface area contributed by atoms with Crippen molar-refractivity contribution in [3.8, 4) is 5.75 Å². The first kappa shape index (κ1) is 9.32. The van der Waals surface area contributed by atoms with Gasteiger partial charge in [0, 0.05) is 5.56 Å². The zero-order valence-corrected chi connectivity index (χ0v) is 7.45. The smallest absolute Gasteiger partial charge is 0.119 e. The van der Waals surface area contributed by atoms with Crippen LogP contribution in [0.3, 0.4) is 0 Å². The molecular formula is C10H12N2O. The molecule has 0 aliphatic carbocycles. The Hall–Kier alpha value is -1.77. The maximum Gasteiger partial charge on any atom is 0.119 e. The molecule has 1 rings (SSSR count). The summed E-state index contributed by atoms with van der Waals surface area (Å²) in [6, 6.07) is 7.31. The highest BCUT2D eigenvalue weighted by molar-refractivity contribution is 6.06. The SMILES string of the molecule is COc1cccc(C(=N)/C=C\N)c1. The van der Waals surface area contributed by atoms with Crippen molar-refractivity contribution in [3.63, 3.8) is 0 Å². The van der Waals surface area contributed by atoms with E-state index < -0.39 is 0 Å². The second-order valence-corrected chi connectivity index (χ2v) is 2.50. The van der Waals surface area contributed by atoms with E-state index in [0.29, 0.717) is 5.71 Å². The number of hydrogen-bond donors (Lipinski definition) is 2. The van der Waals surface area contributed by atoms with Crippen LogP contribution in [-0.4, -0.2) is 12.8 Å². The molecule has 3 heteroatoms. The average molecular weight is 176 g/mol. The molecule has 0 unspecified atom stereocenters. The number of nitrogens with two attached hydrogens (primary N) is 1. The minimum atomic E-state index is 0.376. The molecule has 0 atom stereocenters. The number of rotatable bonds is 3. The first-order valence-corrected chi connectivity index (χ1v) is 3.89. The second-order valence-electron chi connectivity index (χ2n) is 2.50. The molecule has 0 saturated carbocycles. The molecule has 0 aliphatic heterocycles. The molecule has 1 aromatic carbocycles. The van der Waals surface area contributed by atoms with Gasteiger partial charge in [-0.3, -0.25) is 0 Å². The van der Waals surface area contributed by atoms with E-state index in [1.807, 2.05) is 18.2 Å². The number of hydrogen-bond acceptors (Lipinski definition) is 3. The molecule has 1 aromatic rings. The van der Waals surface area contributed by atoms with Crippen LogP contribution >= 0.6 is 0 Å². The van der Waals surface area contributed by atoms with Gasteiger partial charge in [0.15, 0.2) is 0 Å². The predicted molar refractivity (Wildman–Crippen MR) is 53.2 cm³/mol. The quantitative estimate of drug-likeness (QED) is 0.686. The topological polar surface area (TPSA) is 59.1 Å². The fourth-order valence-electron chi connectivity index (χ4n) is 0.983. The summed E-state index contributed by atoms with van der Waals surface area (Å²) in [4.78, 5) is 0. The van der Waals surface area contributed by atoms with Crippen LogP contribution in [0.25, 0.3) is 0 Å². The summed E-state index contributed by atoms with van der Waals surface area (Å²) in [5, 5.41) is 7.58. The molecule has 0 bridgehead atoms.